The molecule has 0 bridgehead atoms. The maximum Gasteiger partial charge on any atom is 0.250 e. The molecule has 1 saturated heterocycles. The van der Waals surface area contributed by atoms with Crippen LogP contribution in [0.5, 0.6) is 0 Å². The maximum atomic E-state index is 12.7. The third-order valence-corrected chi connectivity index (χ3v) is 8.93. The highest BCUT2D eigenvalue weighted by atomic mass is 32.2. The Hall–Kier alpha value is -0.860. The van der Waals surface area contributed by atoms with Crippen molar-refractivity contribution in [3.05, 3.63) is 47.3 Å². The Morgan fingerprint density at radius 2 is 1.88 bits per heavy atom. The molecule has 0 atom stereocenters. The number of sulfonamides is 1. The second kappa shape index (κ2) is 8.22. The summed E-state index contributed by atoms with van der Waals surface area (Å²) in [6.07, 6.45) is 2.52. The van der Waals surface area contributed by atoms with Crippen molar-refractivity contribution in [2.24, 2.45) is 0 Å². The zero-order valence-electron chi connectivity index (χ0n) is 14.2. The first kappa shape index (κ1) is 18.9. The highest BCUT2D eigenvalue weighted by Crippen LogP contribution is 2.40. The number of thioether (sulfide) groups is 1. The Morgan fingerprint density at radius 3 is 2.52 bits per heavy atom. The number of ether oxygens (including phenoxy) is 1. The van der Waals surface area contributed by atoms with Crippen LogP contribution in [0.2, 0.25) is 0 Å². The van der Waals surface area contributed by atoms with Gasteiger partial charge in [0.05, 0.1) is 0 Å². The van der Waals surface area contributed by atoms with E-state index in [0.717, 1.165) is 29.0 Å². The minimum absolute atomic E-state index is 0.169. The molecular formula is C18H23NO3S3. The van der Waals surface area contributed by atoms with E-state index in [1.54, 1.807) is 17.8 Å². The van der Waals surface area contributed by atoms with Gasteiger partial charge in [-0.05, 0) is 43.5 Å². The topological polar surface area (TPSA) is 55.4 Å². The van der Waals surface area contributed by atoms with Crippen LogP contribution >= 0.6 is 23.1 Å². The van der Waals surface area contributed by atoms with Gasteiger partial charge in [0, 0.05) is 34.3 Å². The van der Waals surface area contributed by atoms with Crippen LogP contribution in [0.3, 0.4) is 0 Å². The average Bonchev–Trinajstić information content (AvgIpc) is 3.12. The molecule has 0 unspecified atom stereocenters. The van der Waals surface area contributed by atoms with Crippen molar-refractivity contribution in [3.8, 4) is 0 Å². The van der Waals surface area contributed by atoms with Crippen LogP contribution in [0.1, 0.15) is 24.6 Å². The summed E-state index contributed by atoms with van der Waals surface area (Å²) in [5.41, 5.74) is 0. The highest BCUT2D eigenvalue weighted by molar-refractivity contribution is 8.00. The average molecular weight is 398 g/mol. The van der Waals surface area contributed by atoms with Crippen molar-refractivity contribution in [2.45, 2.75) is 40.0 Å². The van der Waals surface area contributed by atoms with Gasteiger partial charge in [0.15, 0.2) is 0 Å². The lowest BCUT2D eigenvalue weighted by molar-refractivity contribution is 0.0784. The molecule has 1 N–H and O–H groups in total. The molecule has 2 aromatic rings. The van der Waals surface area contributed by atoms with Gasteiger partial charge >= 0.3 is 0 Å². The number of nitrogens with one attached hydrogen (secondary N) is 1. The van der Waals surface area contributed by atoms with E-state index in [4.69, 9.17) is 4.74 Å². The van der Waals surface area contributed by atoms with Crippen LogP contribution in [0.25, 0.3) is 0 Å². The third-order valence-electron chi connectivity index (χ3n) is 4.32. The van der Waals surface area contributed by atoms with Gasteiger partial charge in [-0.3, -0.25) is 0 Å². The lowest BCUT2D eigenvalue weighted by Gasteiger charge is -2.36. The molecule has 2 heterocycles. The van der Waals surface area contributed by atoms with Crippen LogP contribution in [0, 0.1) is 0 Å². The van der Waals surface area contributed by atoms with Crippen molar-refractivity contribution < 1.29 is 13.2 Å². The molecule has 0 radical (unpaired) electrons. The summed E-state index contributed by atoms with van der Waals surface area (Å²) >= 11 is 3.10. The molecule has 0 spiro atoms. The van der Waals surface area contributed by atoms with Crippen molar-refractivity contribution in [2.75, 3.05) is 19.8 Å². The van der Waals surface area contributed by atoms with Crippen LogP contribution in [0.4, 0.5) is 0 Å². The summed E-state index contributed by atoms with van der Waals surface area (Å²) in [6.45, 7) is 3.78. The SMILES string of the molecule is CCc1ccc(S(=O)(=O)NCC2(Sc3ccccc3)CCOCC2)s1. The quantitative estimate of drug-likeness (QED) is 0.769. The number of rotatable bonds is 7. The summed E-state index contributed by atoms with van der Waals surface area (Å²) < 4.78 is 33.9. The van der Waals surface area contributed by atoms with E-state index in [2.05, 4.69) is 16.9 Å². The first-order valence-electron chi connectivity index (χ1n) is 8.43. The van der Waals surface area contributed by atoms with E-state index in [9.17, 15) is 8.42 Å². The van der Waals surface area contributed by atoms with Gasteiger partial charge in [0.2, 0.25) is 10.0 Å². The van der Waals surface area contributed by atoms with Gasteiger partial charge in [-0.25, -0.2) is 13.1 Å². The van der Waals surface area contributed by atoms with Crippen molar-refractivity contribution in [3.63, 3.8) is 0 Å². The Labute approximate surface area is 158 Å². The van der Waals surface area contributed by atoms with E-state index in [0.29, 0.717) is 24.0 Å². The molecule has 4 nitrogen and oxygen atoms in total. The van der Waals surface area contributed by atoms with Gasteiger partial charge in [-0.15, -0.1) is 23.1 Å². The highest BCUT2D eigenvalue weighted by Gasteiger charge is 2.35. The summed E-state index contributed by atoms with van der Waals surface area (Å²) in [7, 11) is -3.46. The molecule has 1 aromatic carbocycles. The molecule has 1 fully saturated rings. The molecule has 0 aliphatic carbocycles. The third kappa shape index (κ3) is 4.86. The Morgan fingerprint density at radius 1 is 1.16 bits per heavy atom. The van der Waals surface area contributed by atoms with Gasteiger partial charge in [-0.1, -0.05) is 25.1 Å². The second-order valence-corrected chi connectivity index (χ2v) is 10.8. The van der Waals surface area contributed by atoms with Gasteiger partial charge in [0.25, 0.3) is 0 Å². The van der Waals surface area contributed by atoms with Crippen molar-refractivity contribution in [1.29, 1.82) is 0 Å². The fourth-order valence-corrected chi connectivity index (χ4v) is 6.65. The molecule has 3 rings (SSSR count). The first-order chi connectivity index (χ1) is 12.0. The summed E-state index contributed by atoms with van der Waals surface area (Å²) in [5.74, 6) is 0. The Bertz CT molecular complexity index is 781. The zero-order valence-corrected chi connectivity index (χ0v) is 16.7. The predicted octanol–water partition coefficient (Wildman–Crippen LogP) is 3.93. The molecule has 25 heavy (non-hydrogen) atoms. The van der Waals surface area contributed by atoms with E-state index in [1.807, 2.05) is 31.2 Å². The summed E-state index contributed by atoms with van der Waals surface area (Å²) in [4.78, 5) is 2.24. The van der Waals surface area contributed by atoms with Gasteiger partial charge in [-0.2, -0.15) is 0 Å². The maximum absolute atomic E-state index is 12.7. The Balaban J connectivity index is 1.74. The molecule has 7 heteroatoms. The number of aryl methyl sites for hydroxylation is 1. The van der Waals surface area contributed by atoms with E-state index < -0.39 is 10.0 Å². The van der Waals surface area contributed by atoms with Gasteiger partial charge in [0.1, 0.15) is 4.21 Å². The first-order valence-corrected chi connectivity index (χ1v) is 11.5. The summed E-state index contributed by atoms with van der Waals surface area (Å²) in [5, 5.41) is 0. The van der Waals surface area contributed by atoms with Crippen molar-refractivity contribution in [1.82, 2.24) is 4.72 Å². The monoisotopic (exact) mass is 397 g/mol. The number of benzene rings is 1. The van der Waals surface area contributed by atoms with E-state index >= 15 is 0 Å². The molecule has 136 valence electrons. The normalized spacial score (nSPS) is 17.5. The molecule has 0 amide bonds. The van der Waals surface area contributed by atoms with E-state index in [1.165, 1.54) is 11.3 Å². The fraction of sp³-hybridized carbons (Fsp3) is 0.444. The second-order valence-electron chi connectivity index (χ2n) is 6.11. The predicted molar refractivity (Wildman–Crippen MR) is 104 cm³/mol. The lowest BCUT2D eigenvalue weighted by atomic mass is 9.99. The van der Waals surface area contributed by atoms with Gasteiger partial charge < -0.3 is 4.74 Å². The van der Waals surface area contributed by atoms with Crippen LogP contribution in [-0.2, 0) is 21.2 Å². The van der Waals surface area contributed by atoms with Crippen LogP contribution in [-0.4, -0.2) is 32.9 Å². The van der Waals surface area contributed by atoms with E-state index in [-0.39, 0.29) is 4.75 Å². The number of hydrogen-bond acceptors (Lipinski definition) is 5. The van der Waals surface area contributed by atoms with Crippen LogP contribution in [0.15, 0.2) is 51.6 Å². The molecule has 1 aliphatic heterocycles. The molecule has 1 aliphatic rings. The molecule has 1 aromatic heterocycles. The minimum Gasteiger partial charge on any atom is -0.381 e. The fourth-order valence-electron chi connectivity index (χ4n) is 2.79. The molecule has 0 saturated carbocycles. The lowest BCUT2D eigenvalue weighted by Crippen LogP contribution is -2.44. The molecular weight excluding hydrogens is 374 g/mol. The Kier molecular flexibility index (Phi) is 6.22. The largest absolute Gasteiger partial charge is 0.381 e. The zero-order chi connectivity index (χ0) is 17.8. The van der Waals surface area contributed by atoms with Crippen molar-refractivity contribution >= 4 is 33.1 Å². The minimum atomic E-state index is -3.46. The van der Waals surface area contributed by atoms with Crippen LogP contribution < -0.4 is 4.72 Å². The smallest absolute Gasteiger partial charge is 0.250 e. The number of thiophene rings is 1. The standard InChI is InChI=1S/C18H23NO3S3/c1-2-15-8-9-17(23-15)25(20,21)19-14-18(10-12-22-13-11-18)24-16-6-4-3-5-7-16/h3-9,19H,2,10-14H2,1H3. The summed E-state index contributed by atoms with van der Waals surface area (Å²) in [6, 6.07) is 13.8. The number of hydrogen-bond donors (Lipinski definition) is 1.